The van der Waals surface area contributed by atoms with E-state index >= 15 is 0 Å². The Labute approximate surface area is 130 Å². The molecule has 0 aromatic carbocycles. The van der Waals surface area contributed by atoms with E-state index in [1.807, 2.05) is 0 Å². The Balaban J connectivity index is 1.94. The Hall–Kier alpha value is -0.930. The summed E-state index contributed by atoms with van der Waals surface area (Å²) < 4.78 is 0. The molecule has 21 heavy (non-hydrogen) atoms. The zero-order valence-corrected chi connectivity index (χ0v) is 13.9. The molecule has 1 aliphatic carbocycles. The fourth-order valence-electron chi connectivity index (χ4n) is 3.51. The van der Waals surface area contributed by atoms with Crippen molar-refractivity contribution in [3.05, 3.63) is 29.6 Å². The van der Waals surface area contributed by atoms with E-state index < -0.39 is 0 Å². The Morgan fingerprint density at radius 1 is 1.24 bits per heavy atom. The summed E-state index contributed by atoms with van der Waals surface area (Å²) in [7, 11) is 0. The molecule has 1 heterocycles. The third kappa shape index (κ3) is 5.08. The van der Waals surface area contributed by atoms with Crippen LogP contribution in [0.2, 0.25) is 0 Å². The second-order valence-electron chi connectivity index (χ2n) is 6.31. The predicted molar refractivity (Wildman–Crippen MR) is 89.3 cm³/mol. The standard InChI is InChI=1S/C18H31N3/c1-4-19-18-12-7-6-10-16(18)13-21(5-2)14-17-11-8-9-15(3)20-17/h8-9,11,16,18-19H,4-7,10,12-14H2,1-3H3. The molecule has 118 valence electrons. The summed E-state index contributed by atoms with van der Waals surface area (Å²) in [5, 5.41) is 3.69. The molecule has 0 spiro atoms. The van der Waals surface area contributed by atoms with Gasteiger partial charge in [-0.2, -0.15) is 0 Å². The molecule has 0 aliphatic heterocycles. The summed E-state index contributed by atoms with van der Waals surface area (Å²) in [4.78, 5) is 7.21. The van der Waals surface area contributed by atoms with Crippen molar-refractivity contribution in [2.24, 2.45) is 5.92 Å². The SMILES string of the molecule is CCNC1CCCCC1CN(CC)Cc1cccc(C)n1. The van der Waals surface area contributed by atoms with Crippen LogP contribution < -0.4 is 5.32 Å². The van der Waals surface area contributed by atoms with Crippen molar-refractivity contribution in [1.29, 1.82) is 0 Å². The summed E-state index contributed by atoms with van der Waals surface area (Å²) in [6.45, 7) is 10.9. The van der Waals surface area contributed by atoms with Gasteiger partial charge in [0.1, 0.15) is 0 Å². The van der Waals surface area contributed by atoms with Crippen LogP contribution in [0.4, 0.5) is 0 Å². The summed E-state index contributed by atoms with van der Waals surface area (Å²) in [6, 6.07) is 7.05. The lowest BCUT2D eigenvalue weighted by Crippen LogP contribution is -2.44. The van der Waals surface area contributed by atoms with Crippen LogP contribution in [0.25, 0.3) is 0 Å². The maximum absolute atomic E-state index is 4.65. The maximum atomic E-state index is 4.65. The molecule has 1 saturated carbocycles. The average Bonchev–Trinajstić information content (AvgIpc) is 2.49. The molecule has 0 amide bonds. The predicted octanol–water partition coefficient (Wildman–Crippen LogP) is 3.38. The fraction of sp³-hybridized carbons (Fsp3) is 0.722. The number of hydrogen-bond donors (Lipinski definition) is 1. The second-order valence-corrected chi connectivity index (χ2v) is 6.31. The van der Waals surface area contributed by atoms with Gasteiger partial charge in [0.2, 0.25) is 0 Å². The quantitative estimate of drug-likeness (QED) is 0.834. The minimum atomic E-state index is 0.711. The zero-order chi connectivity index (χ0) is 15.1. The first-order valence-corrected chi connectivity index (χ1v) is 8.61. The highest BCUT2D eigenvalue weighted by Crippen LogP contribution is 2.25. The molecule has 1 aromatic rings. The number of pyridine rings is 1. The lowest BCUT2D eigenvalue weighted by Gasteiger charge is -2.35. The highest BCUT2D eigenvalue weighted by Gasteiger charge is 2.25. The van der Waals surface area contributed by atoms with Crippen molar-refractivity contribution in [3.63, 3.8) is 0 Å². The molecular weight excluding hydrogens is 258 g/mol. The molecule has 2 atom stereocenters. The van der Waals surface area contributed by atoms with E-state index in [4.69, 9.17) is 0 Å². The van der Waals surface area contributed by atoms with Crippen LogP contribution in [0, 0.1) is 12.8 Å². The first-order chi connectivity index (χ1) is 10.2. The number of rotatable bonds is 7. The number of nitrogens with one attached hydrogen (secondary N) is 1. The molecule has 1 aliphatic rings. The van der Waals surface area contributed by atoms with Crippen molar-refractivity contribution in [2.45, 2.75) is 59.0 Å². The third-order valence-electron chi connectivity index (χ3n) is 4.65. The van der Waals surface area contributed by atoms with Gasteiger partial charge in [0.25, 0.3) is 0 Å². The number of aryl methyl sites for hydroxylation is 1. The van der Waals surface area contributed by atoms with Crippen LogP contribution in [-0.2, 0) is 6.54 Å². The molecular formula is C18H31N3. The summed E-state index contributed by atoms with van der Waals surface area (Å²) in [5.41, 5.74) is 2.32. The minimum Gasteiger partial charge on any atom is -0.314 e. The normalized spacial score (nSPS) is 22.7. The van der Waals surface area contributed by atoms with Crippen LogP contribution in [-0.4, -0.2) is 35.6 Å². The van der Waals surface area contributed by atoms with Crippen LogP contribution in [0.15, 0.2) is 18.2 Å². The highest BCUT2D eigenvalue weighted by atomic mass is 15.1. The Kier molecular flexibility index (Phi) is 6.65. The van der Waals surface area contributed by atoms with Crippen molar-refractivity contribution < 1.29 is 0 Å². The molecule has 2 unspecified atom stereocenters. The second kappa shape index (κ2) is 8.50. The van der Waals surface area contributed by atoms with Gasteiger partial charge in [-0.25, -0.2) is 0 Å². The van der Waals surface area contributed by atoms with Crippen molar-refractivity contribution in [2.75, 3.05) is 19.6 Å². The molecule has 3 nitrogen and oxygen atoms in total. The molecule has 3 heteroatoms. The van der Waals surface area contributed by atoms with Crippen molar-refractivity contribution >= 4 is 0 Å². The molecule has 1 aromatic heterocycles. The third-order valence-corrected chi connectivity index (χ3v) is 4.65. The number of aromatic nitrogens is 1. The lowest BCUT2D eigenvalue weighted by atomic mass is 9.84. The topological polar surface area (TPSA) is 28.2 Å². The summed E-state index contributed by atoms with van der Waals surface area (Å²) in [5.74, 6) is 0.795. The van der Waals surface area contributed by atoms with Gasteiger partial charge in [-0.1, -0.05) is 32.8 Å². The van der Waals surface area contributed by atoms with Gasteiger partial charge in [-0.15, -0.1) is 0 Å². The Morgan fingerprint density at radius 2 is 2.05 bits per heavy atom. The van der Waals surface area contributed by atoms with E-state index in [0.29, 0.717) is 6.04 Å². The van der Waals surface area contributed by atoms with Gasteiger partial charge >= 0.3 is 0 Å². The first kappa shape index (κ1) is 16.4. The van der Waals surface area contributed by atoms with E-state index in [0.717, 1.165) is 31.2 Å². The average molecular weight is 289 g/mol. The molecule has 0 bridgehead atoms. The van der Waals surface area contributed by atoms with Crippen LogP contribution in [0.5, 0.6) is 0 Å². The lowest BCUT2D eigenvalue weighted by molar-refractivity contribution is 0.167. The molecule has 0 saturated heterocycles. The van der Waals surface area contributed by atoms with Gasteiger partial charge in [0.05, 0.1) is 5.69 Å². The van der Waals surface area contributed by atoms with Gasteiger partial charge in [-0.05, 0) is 50.9 Å². The molecule has 2 rings (SSSR count). The largest absolute Gasteiger partial charge is 0.314 e. The van der Waals surface area contributed by atoms with E-state index in [1.165, 1.54) is 37.9 Å². The van der Waals surface area contributed by atoms with E-state index in [2.05, 4.69) is 54.2 Å². The summed E-state index contributed by atoms with van der Waals surface area (Å²) >= 11 is 0. The minimum absolute atomic E-state index is 0.711. The van der Waals surface area contributed by atoms with Crippen LogP contribution in [0.3, 0.4) is 0 Å². The van der Waals surface area contributed by atoms with Crippen molar-refractivity contribution in [3.8, 4) is 0 Å². The van der Waals surface area contributed by atoms with Gasteiger partial charge in [0, 0.05) is 24.8 Å². The van der Waals surface area contributed by atoms with E-state index in [1.54, 1.807) is 0 Å². The number of hydrogen-bond acceptors (Lipinski definition) is 3. The maximum Gasteiger partial charge on any atom is 0.0547 e. The number of nitrogens with zero attached hydrogens (tertiary/aromatic N) is 2. The smallest absolute Gasteiger partial charge is 0.0547 e. The van der Waals surface area contributed by atoms with Crippen LogP contribution >= 0.6 is 0 Å². The van der Waals surface area contributed by atoms with E-state index in [-0.39, 0.29) is 0 Å². The Morgan fingerprint density at radius 3 is 2.76 bits per heavy atom. The highest BCUT2D eigenvalue weighted by molar-refractivity contribution is 5.09. The van der Waals surface area contributed by atoms with Gasteiger partial charge in [-0.3, -0.25) is 9.88 Å². The monoisotopic (exact) mass is 289 g/mol. The van der Waals surface area contributed by atoms with Crippen LogP contribution in [0.1, 0.15) is 50.9 Å². The zero-order valence-electron chi connectivity index (χ0n) is 13.9. The van der Waals surface area contributed by atoms with E-state index in [9.17, 15) is 0 Å². The molecule has 1 N–H and O–H groups in total. The fourth-order valence-corrected chi connectivity index (χ4v) is 3.51. The van der Waals surface area contributed by atoms with Gasteiger partial charge in [0.15, 0.2) is 0 Å². The Bertz CT molecular complexity index is 417. The summed E-state index contributed by atoms with van der Waals surface area (Å²) in [6.07, 6.45) is 5.50. The first-order valence-electron chi connectivity index (χ1n) is 8.61. The van der Waals surface area contributed by atoms with Gasteiger partial charge < -0.3 is 5.32 Å². The molecule has 1 fully saturated rings. The molecule has 0 radical (unpaired) electrons. The van der Waals surface area contributed by atoms with Crippen molar-refractivity contribution in [1.82, 2.24) is 15.2 Å².